The summed E-state index contributed by atoms with van der Waals surface area (Å²) < 4.78 is 4.63. The number of nitrogens with zero attached hydrogens (tertiary/aromatic N) is 1. The number of ether oxygens (including phenoxy) is 1. The van der Waals surface area contributed by atoms with Gasteiger partial charge in [0.2, 0.25) is 0 Å². The first-order valence-corrected chi connectivity index (χ1v) is 5.68. The van der Waals surface area contributed by atoms with Crippen LogP contribution in [0.2, 0.25) is 0 Å². The van der Waals surface area contributed by atoms with Gasteiger partial charge in [0.1, 0.15) is 0 Å². The van der Waals surface area contributed by atoms with Crippen molar-refractivity contribution in [1.29, 1.82) is 0 Å². The summed E-state index contributed by atoms with van der Waals surface area (Å²) in [5, 5.41) is 0. The zero-order chi connectivity index (χ0) is 11.3. The van der Waals surface area contributed by atoms with Gasteiger partial charge in [-0.3, -0.25) is 9.69 Å². The molecule has 0 aromatic heterocycles. The molecule has 1 aliphatic rings. The number of likely N-dealkylation sites (tertiary alicyclic amines) is 1. The Morgan fingerprint density at radius 1 is 1.60 bits per heavy atom. The number of methoxy groups -OCH3 is 1. The van der Waals surface area contributed by atoms with E-state index in [4.69, 9.17) is 5.73 Å². The van der Waals surface area contributed by atoms with Crippen LogP contribution >= 0.6 is 0 Å². The van der Waals surface area contributed by atoms with Gasteiger partial charge in [-0.2, -0.15) is 0 Å². The predicted molar refractivity (Wildman–Crippen MR) is 59.4 cm³/mol. The minimum Gasteiger partial charge on any atom is -0.469 e. The minimum atomic E-state index is -0.135. The molecular formula is C11H22N2O2. The summed E-state index contributed by atoms with van der Waals surface area (Å²) in [7, 11) is 1.43. The van der Waals surface area contributed by atoms with E-state index in [1.807, 2.05) is 0 Å². The van der Waals surface area contributed by atoms with Crippen LogP contribution in [0.5, 0.6) is 0 Å². The topological polar surface area (TPSA) is 55.6 Å². The first-order valence-electron chi connectivity index (χ1n) is 5.68. The molecule has 0 amide bonds. The van der Waals surface area contributed by atoms with Gasteiger partial charge >= 0.3 is 5.97 Å². The molecule has 1 fully saturated rings. The Bertz CT molecular complexity index is 209. The van der Waals surface area contributed by atoms with Crippen LogP contribution in [0, 0.1) is 5.92 Å². The van der Waals surface area contributed by atoms with Crippen LogP contribution in [0.4, 0.5) is 0 Å². The molecule has 88 valence electrons. The Morgan fingerprint density at radius 3 is 2.93 bits per heavy atom. The Hall–Kier alpha value is -0.610. The first-order chi connectivity index (χ1) is 7.17. The molecule has 2 N–H and O–H groups in total. The molecule has 0 saturated carbocycles. The Labute approximate surface area is 91.8 Å². The fourth-order valence-corrected chi connectivity index (χ4v) is 2.18. The summed E-state index contributed by atoms with van der Waals surface area (Å²) in [6.07, 6.45) is 2.83. The molecule has 15 heavy (non-hydrogen) atoms. The van der Waals surface area contributed by atoms with E-state index in [0.717, 1.165) is 25.4 Å². The van der Waals surface area contributed by atoms with Crippen molar-refractivity contribution in [3.63, 3.8) is 0 Å². The number of esters is 1. The number of piperidine rings is 1. The van der Waals surface area contributed by atoms with Crippen molar-refractivity contribution in [2.24, 2.45) is 11.7 Å². The van der Waals surface area contributed by atoms with E-state index in [0.29, 0.717) is 19.0 Å². The summed E-state index contributed by atoms with van der Waals surface area (Å²) >= 11 is 0. The highest BCUT2D eigenvalue weighted by molar-refractivity contribution is 5.69. The maximum atomic E-state index is 11.0. The third-order valence-corrected chi connectivity index (χ3v) is 3.20. The van der Waals surface area contributed by atoms with Gasteiger partial charge in [0.25, 0.3) is 0 Å². The largest absolute Gasteiger partial charge is 0.469 e. The highest BCUT2D eigenvalue weighted by Crippen LogP contribution is 2.21. The molecule has 4 heteroatoms. The van der Waals surface area contributed by atoms with E-state index in [9.17, 15) is 4.79 Å². The molecule has 4 nitrogen and oxygen atoms in total. The van der Waals surface area contributed by atoms with E-state index < -0.39 is 0 Å². The fourth-order valence-electron chi connectivity index (χ4n) is 2.18. The van der Waals surface area contributed by atoms with Gasteiger partial charge in [0, 0.05) is 19.1 Å². The van der Waals surface area contributed by atoms with Gasteiger partial charge in [0.05, 0.1) is 13.5 Å². The lowest BCUT2D eigenvalue weighted by Crippen LogP contribution is -2.46. The highest BCUT2D eigenvalue weighted by atomic mass is 16.5. The Balaban J connectivity index is 2.35. The van der Waals surface area contributed by atoms with Crippen LogP contribution in [-0.2, 0) is 9.53 Å². The number of hydrogen-bond donors (Lipinski definition) is 1. The Morgan fingerprint density at radius 2 is 2.33 bits per heavy atom. The lowest BCUT2D eigenvalue weighted by molar-refractivity contribution is -0.141. The van der Waals surface area contributed by atoms with Gasteiger partial charge in [-0.1, -0.05) is 6.92 Å². The van der Waals surface area contributed by atoms with E-state index in [2.05, 4.69) is 16.6 Å². The summed E-state index contributed by atoms with van der Waals surface area (Å²) in [5.74, 6) is 0.623. The fraction of sp³-hybridized carbons (Fsp3) is 0.909. The second-order valence-corrected chi connectivity index (χ2v) is 4.38. The molecule has 0 aromatic rings. The van der Waals surface area contributed by atoms with Crippen molar-refractivity contribution in [2.45, 2.75) is 32.2 Å². The van der Waals surface area contributed by atoms with Crippen molar-refractivity contribution >= 4 is 5.97 Å². The first kappa shape index (κ1) is 12.5. The minimum absolute atomic E-state index is 0.135. The number of nitrogens with two attached hydrogens (primary N) is 1. The summed E-state index contributed by atoms with van der Waals surface area (Å²) in [5.41, 5.74) is 5.74. The summed E-state index contributed by atoms with van der Waals surface area (Å²) in [6, 6.07) is 0.443. The molecule has 0 aliphatic carbocycles. The molecule has 2 unspecified atom stereocenters. The molecule has 1 heterocycles. The maximum absolute atomic E-state index is 11.0. The molecule has 1 saturated heterocycles. The van der Waals surface area contributed by atoms with E-state index >= 15 is 0 Å². The van der Waals surface area contributed by atoms with Crippen molar-refractivity contribution in [1.82, 2.24) is 4.90 Å². The third kappa shape index (κ3) is 3.80. The summed E-state index contributed by atoms with van der Waals surface area (Å²) in [4.78, 5) is 13.4. The molecule has 2 atom stereocenters. The number of carbonyl (C=O) groups is 1. The van der Waals surface area contributed by atoms with Gasteiger partial charge in [-0.25, -0.2) is 0 Å². The van der Waals surface area contributed by atoms with Gasteiger partial charge < -0.3 is 10.5 Å². The summed E-state index contributed by atoms with van der Waals surface area (Å²) in [6.45, 7) is 4.78. The van der Waals surface area contributed by atoms with Crippen molar-refractivity contribution < 1.29 is 9.53 Å². The maximum Gasteiger partial charge on any atom is 0.306 e. The lowest BCUT2D eigenvalue weighted by Gasteiger charge is -2.37. The second-order valence-electron chi connectivity index (χ2n) is 4.38. The van der Waals surface area contributed by atoms with Crippen LogP contribution in [0.3, 0.4) is 0 Å². The van der Waals surface area contributed by atoms with Crippen LogP contribution in [0.15, 0.2) is 0 Å². The third-order valence-electron chi connectivity index (χ3n) is 3.20. The molecule has 0 aromatic carbocycles. The monoisotopic (exact) mass is 214 g/mol. The molecule has 0 bridgehead atoms. The van der Waals surface area contributed by atoms with Gasteiger partial charge in [0.15, 0.2) is 0 Å². The molecular weight excluding hydrogens is 192 g/mol. The average Bonchev–Trinajstić information content (AvgIpc) is 2.26. The molecule has 0 spiro atoms. The molecule has 1 aliphatic heterocycles. The van der Waals surface area contributed by atoms with Crippen LogP contribution < -0.4 is 5.73 Å². The zero-order valence-electron chi connectivity index (χ0n) is 9.74. The van der Waals surface area contributed by atoms with Crippen LogP contribution in [0.25, 0.3) is 0 Å². The van der Waals surface area contributed by atoms with Crippen molar-refractivity contribution in [3.05, 3.63) is 0 Å². The SMILES string of the molecule is COC(=O)CCN1CCC(C)CC1CN. The molecule has 1 rings (SSSR count). The van der Waals surface area contributed by atoms with Gasteiger partial charge in [-0.15, -0.1) is 0 Å². The smallest absolute Gasteiger partial charge is 0.306 e. The van der Waals surface area contributed by atoms with Crippen LogP contribution in [-0.4, -0.2) is 43.7 Å². The normalized spacial score (nSPS) is 27.7. The van der Waals surface area contributed by atoms with Crippen molar-refractivity contribution in [2.75, 3.05) is 26.7 Å². The van der Waals surface area contributed by atoms with Crippen molar-refractivity contribution in [3.8, 4) is 0 Å². The van der Waals surface area contributed by atoms with Gasteiger partial charge in [-0.05, 0) is 25.3 Å². The second kappa shape index (κ2) is 6.08. The number of hydrogen-bond acceptors (Lipinski definition) is 4. The number of carbonyl (C=O) groups excluding carboxylic acids is 1. The zero-order valence-corrected chi connectivity index (χ0v) is 9.74. The Kier molecular flexibility index (Phi) is 5.05. The van der Waals surface area contributed by atoms with E-state index in [1.165, 1.54) is 13.5 Å². The quantitative estimate of drug-likeness (QED) is 0.697. The number of rotatable bonds is 4. The standard InChI is InChI=1S/C11H22N2O2/c1-9-3-5-13(10(7-9)8-12)6-4-11(14)15-2/h9-10H,3-8,12H2,1-2H3. The van der Waals surface area contributed by atoms with E-state index in [-0.39, 0.29) is 5.97 Å². The predicted octanol–water partition coefficient (Wildman–Crippen LogP) is 0.609. The van der Waals surface area contributed by atoms with E-state index in [1.54, 1.807) is 0 Å². The van der Waals surface area contributed by atoms with Crippen LogP contribution in [0.1, 0.15) is 26.2 Å². The lowest BCUT2D eigenvalue weighted by atomic mass is 9.92. The molecule has 0 radical (unpaired) electrons. The highest BCUT2D eigenvalue weighted by Gasteiger charge is 2.25. The average molecular weight is 214 g/mol.